The highest BCUT2D eigenvalue weighted by Gasteiger charge is 2.15. The molecule has 0 spiro atoms. The van der Waals surface area contributed by atoms with Crippen LogP contribution in [0.15, 0.2) is 24.3 Å². The van der Waals surface area contributed by atoms with Crippen LogP contribution >= 0.6 is 0 Å². The van der Waals surface area contributed by atoms with Crippen LogP contribution in [0.1, 0.15) is 56.8 Å². The maximum absolute atomic E-state index is 12.1. The molecule has 19 heavy (non-hydrogen) atoms. The zero-order chi connectivity index (χ0) is 14.3. The lowest BCUT2D eigenvalue weighted by molar-refractivity contribution is -0.120. The Kier molecular flexibility index (Phi) is 6.26. The van der Waals surface area contributed by atoms with E-state index >= 15 is 0 Å². The molecular formula is C16H23NO2. The third-order valence-electron chi connectivity index (χ3n) is 3.33. The van der Waals surface area contributed by atoms with Gasteiger partial charge in [-0.25, -0.2) is 0 Å². The van der Waals surface area contributed by atoms with Gasteiger partial charge in [0.2, 0.25) is 5.91 Å². The summed E-state index contributed by atoms with van der Waals surface area (Å²) in [6.45, 7) is 5.70. The second-order valence-electron chi connectivity index (χ2n) is 4.87. The summed E-state index contributed by atoms with van der Waals surface area (Å²) in [5, 5.41) is 2.92. The molecule has 104 valence electrons. The maximum Gasteiger partial charge on any atom is 0.227 e. The fourth-order valence-corrected chi connectivity index (χ4v) is 2.00. The van der Waals surface area contributed by atoms with Crippen molar-refractivity contribution in [3.05, 3.63) is 29.8 Å². The minimum absolute atomic E-state index is 0.0345. The van der Waals surface area contributed by atoms with Crippen LogP contribution in [0.5, 0.6) is 0 Å². The summed E-state index contributed by atoms with van der Waals surface area (Å²) in [4.78, 5) is 23.3. The quantitative estimate of drug-likeness (QED) is 0.753. The van der Waals surface area contributed by atoms with Gasteiger partial charge >= 0.3 is 0 Å². The van der Waals surface area contributed by atoms with Crippen LogP contribution in [0.3, 0.4) is 0 Å². The molecule has 3 nitrogen and oxygen atoms in total. The van der Waals surface area contributed by atoms with Gasteiger partial charge in [-0.3, -0.25) is 9.59 Å². The number of rotatable bonds is 7. The molecule has 1 aromatic rings. The molecule has 0 aliphatic heterocycles. The maximum atomic E-state index is 12.1. The van der Waals surface area contributed by atoms with Gasteiger partial charge in [-0.2, -0.15) is 0 Å². The van der Waals surface area contributed by atoms with Gasteiger partial charge in [0.25, 0.3) is 0 Å². The van der Waals surface area contributed by atoms with Gasteiger partial charge in [-0.1, -0.05) is 26.7 Å². The molecule has 0 aliphatic carbocycles. The first-order chi connectivity index (χ1) is 9.08. The van der Waals surface area contributed by atoms with E-state index in [4.69, 9.17) is 0 Å². The summed E-state index contributed by atoms with van der Waals surface area (Å²) >= 11 is 0. The highest BCUT2D eigenvalue weighted by molar-refractivity contribution is 5.96. The molecule has 3 heteroatoms. The second kappa shape index (κ2) is 7.72. The van der Waals surface area contributed by atoms with Gasteiger partial charge in [0.1, 0.15) is 0 Å². The average molecular weight is 261 g/mol. The van der Waals surface area contributed by atoms with Crippen LogP contribution in [-0.4, -0.2) is 11.7 Å². The fraction of sp³-hybridized carbons (Fsp3) is 0.500. The highest BCUT2D eigenvalue weighted by Crippen LogP contribution is 2.16. The van der Waals surface area contributed by atoms with Crippen molar-refractivity contribution < 1.29 is 9.59 Å². The Morgan fingerprint density at radius 3 is 2.26 bits per heavy atom. The first-order valence-electron chi connectivity index (χ1n) is 7.00. The predicted molar refractivity (Wildman–Crippen MR) is 78.4 cm³/mol. The van der Waals surface area contributed by atoms with Crippen LogP contribution in [-0.2, 0) is 4.79 Å². The van der Waals surface area contributed by atoms with Gasteiger partial charge in [0.05, 0.1) is 0 Å². The van der Waals surface area contributed by atoms with E-state index in [-0.39, 0.29) is 17.6 Å². The zero-order valence-corrected chi connectivity index (χ0v) is 12.0. The number of carbonyl (C=O) groups is 2. The van der Waals surface area contributed by atoms with Crippen molar-refractivity contribution in [1.29, 1.82) is 0 Å². The third kappa shape index (κ3) is 4.86. The monoisotopic (exact) mass is 261 g/mol. The lowest BCUT2D eigenvalue weighted by Crippen LogP contribution is -2.22. The van der Waals surface area contributed by atoms with Crippen LogP contribution in [0.25, 0.3) is 0 Å². The number of hydrogen-bond acceptors (Lipinski definition) is 2. The molecule has 0 saturated carbocycles. The number of benzene rings is 1. The normalized spacial score (nSPS) is 11.9. The van der Waals surface area contributed by atoms with Crippen molar-refractivity contribution in [3.8, 4) is 0 Å². The summed E-state index contributed by atoms with van der Waals surface area (Å²) in [5.74, 6) is 0.186. The smallest absolute Gasteiger partial charge is 0.227 e. The molecule has 0 aromatic heterocycles. The Morgan fingerprint density at radius 1 is 1.16 bits per heavy atom. The topological polar surface area (TPSA) is 46.2 Å². The fourth-order valence-electron chi connectivity index (χ4n) is 2.00. The van der Waals surface area contributed by atoms with Crippen molar-refractivity contribution in [2.45, 2.75) is 46.5 Å². The highest BCUT2D eigenvalue weighted by atomic mass is 16.2. The van der Waals surface area contributed by atoms with Crippen molar-refractivity contribution in [3.63, 3.8) is 0 Å². The number of Topliss-reactive ketones (excluding diaryl/α,β-unsaturated/α-hetero) is 1. The molecule has 1 atom stereocenters. The minimum atomic E-state index is 0.0345. The molecule has 0 heterocycles. The molecule has 0 aliphatic rings. The van der Waals surface area contributed by atoms with Gasteiger partial charge in [-0.15, -0.1) is 0 Å². The molecule has 1 amide bonds. The second-order valence-corrected chi connectivity index (χ2v) is 4.87. The van der Waals surface area contributed by atoms with Crippen LogP contribution in [0, 0.1) is 5.92 Å². The van der Waals surface area contributed by atoms with Gasteiger partial charge < -0.3 is 5.32 Å². The van der Waals surface area contributed by atoms with E-state index in [0.29, 0.717) is 5.56 Å². The number of unbranched alkanes of at least 4 members (excludes halogenated alkanes) is 1. The van der Waals surface area contributed by atoms with E-state index in [1.165, 1.54) is 6.92 Å². The number of anilines is 1. The standard InChI is InChI=1S/C16H23NO2/c1-4-6-7-13(5-2)16(19)17-15-10-8-14(9-11-15)12(3)18/h8-11,13H,4-7H2,1-3H3,(H,17,19)/t13-/m0/s1. The summed E-state index contributed by atoms with van der Waals surface area (Å²) in [6.07, 6.45) is 3.98. The molecule has 0 radical (unpaired) electrons. The largest absolute Gasteiger partial charge is 0.326 e. The Bertz CT molecular complexity index is 423. The van der Waals surface area contributed by atoms with Gasteiger partial charge in [0.15, 0.2) is 5.78 Å². The number of ketones is 1. The summed E-state index contributed by atoms with van der Waals surface area (Å²) in [5.41, 5.74) is 1.42. The van der Waals surface area contributed by atoms with Crippen molar-refractivity contribution in [2.75, 3.05) is 5.32 Å². The van der Waals surface area contributed by atoms with E-state index in [9.17, 15) is 9.59 Å². The van der Waals surface area contributed by atoms with E-state index in [2.05, 4.69) is 12.2 Å². The Balaban J connectivity index is 2.62. The van der Waals surface area contributed by atoms with Crippen LogP contribution in [0.2, 0.25) is 0 Å². The number of carbonyl (C=O) groups excluding carboxylic acids is 2. The number of hydrogen-bond donors (Lipinski definition) is 1. The van der Waals surface area contributed by atoms with Crippen LogP contribution in [0.4, 0.5) is 5.69 Å². The molecule has 1 aromatic carbocycles. The third-order valence-corrected chi connectivity index (χ3v) is 3.33. The van der Waals surface area contributed by atoms with E-state index in [1.54, 1.807) is 24.3 Å². The van der Waals surface area contributed by atoms with Crippen molar-refractivity contribution >= 4 is 17.4 Å². The summed E-state index contributed by atoms with van der Waals surface area (Å²) in [7, 11) is 0. The lowest BCUT2D eigenvalue weighted by Gasteiger charge is -2.14. The molecule has 0 saturated heterocycles. The lowest BCUT2D eigenvalue weighted by atomic mass is 9.98. The van der Waals surface area contributed by atoms with Crippen molar-refractivity contribution in [1.82, 2.24) is 0 Å². The average Bonchev–Trinajstić information content (AvgIpc) is 2.40. The first kappa shape index (κ1) is 15.4. The number of amides is 1. The van der Waals surface area contributed by atoms with Crippen LogP contribution < -0.4 is 5.32 Å². The number of nitrogens with one attached hydrogen (secondary N) is 1. The molecule has 0 fully saturated rings. The van der Waals surface area contributed by atoms with E-state index in [0.717, 1.165) is 31.4 Å². The SMILES string of the molecule is CCCC[C@H](CC)C(=O)Nc1ccc(C(C)=O)cc1. The molecular weight excluding hydrogens is 238 g/mol. The molecule has 1 N–H and O–H groups in total. The Labute approximate surface area is 115 Å². The van der Waals surface area contributed by atoms with Gasteiger partial charge in [-0.05, 0) is 44.0 Å². The van der Waals surface area contributed by atoms with E-state index < -0.39 is 0 Å². The molecule has 0 unspecified atom stereocenters. The summed E-state index contributed by atoms with van der Waals surface area (Å²) in [6, 6.07) is 7.04. The van der Waals surface area contributed by atoms with Gasteiger partial charge in [0, 0.05) is 17.2 Å². The molecule has 0 bridgehead atoms. The van der Waals surface area contributed by atoms with Crippen molar-refractivity contribution in [2.24, 2.45) is 5.92 Å². The predicted octanol–water partition coefficient (Wildman–Crippen LogP) is 4.04. The van der Waals surface area contributed by atoms with E-state index in [1.807, 2.05) is 6.92 Å². The minimum Gasteiger partial charge on any atom is -0.326 e. The molecule has 1 rings (SSSR count). The Hall–Kier alpha value is -1.64. The summed E-state index contributed by atoms with van der Waals surface area (Å²) < 4.78 is 0. The first-order valence-corrected chi connectivity index (χ1v) is 7.00. The Morgan fingerprint density at radius 2 is 1.79 bits per heavy atom. The zero-order valence-electron chi connectivity index (χ0n) is 12.0.